The largest absolute Gasteiger partial charge is 0.496 e. The average molecular weight is 687 g/mol. The summed E-state index contributed by atoms with van der Waals surface area (Å²) in [6.07, 6.45) is 2.78. The number of aromatic nitrogens is 1. The molecule has 0 saturated carbocycles. The van der Waals surface area contributed by atoms with Gasteiger partial charge in [0.05, 0.1) is 39.5 Å². The second-order valence-electron chi connectivity index (χ2n) is 9.42. The summed E-state index contributed by atoms with van der Waals surface area (Å²) in [7, 11) is 1.53. The monoisotopic (exact) mass is 685 g/mol. The van der Waals surface area contributed by atoms with Crippen LogP contribution in [0.5, 0.6) is 5.75 Å². The Bertz CT molecular complexity index is 1960. The maximum absolute atomic E-state index is 14.0. The minimum atomic E-state index is -0.859. The van der Waals surface area contributed by atoms with Gasteiger partial charge in [-0.3, -0.25) is 19.5 Å². The molecule has 0 bridgehead atoms. The molecule has 43 heavy (non-hydrogen) atoms. The van der Waals surface area contributed by atoms with Gasteiger partial charge in [0.2, 0.25) is 0 Å². The van der Waals surface area contributed by atoms with E-state index in [1.54, 1.807) is 31.2 Å². The number of esters is 1. The number of thiazole rings is 1. The number of allylic oxidation sites excluding steroid dienone is 1. The number of hydrogen-bond acceptors (Lipinski definition) is 9. The van der Waals surface area contributed by atoms with Gasteiger partial charge >= 0.3 is 5.97 Å². The lowest BCUT2D eigenvalue weighted by molar-refractivity contribution is -0.384. The summed E-state index contributed by atoms with van der Waals surface area (Å²) in [4.78, 5) is 43.4. The molecule has 2 aromatic carbocycles. The Kier molecular flexibility index (Phi) is 9.00. The van der Waals surface area contributed by atoms with E-state index in [0.717, 1.165) is 15.8 Å². The molecule has 0 N–H and O–H groups in total. The van der Waals surface area contributed by atoms with E-state index in [1.807, 2.05) is 19.1 Å². The highest BCUT2D eigenvalue weighted by molar-refractivity contribution is 9.10. The third-order valence-electron chi connectivity index (χ3n) is 6.70. The van der Waals surface area contributed by atoms with Gasteiger partial charge in [-0.1, -0.05) is 52.2 Å². The zero-order chi connectivity index (χ0) is 30.8. The number of rotatable bonds is 9. The Balaban J connectivity index is 1.70. The number of fused-ring (bicyclic) bond motifs is 1. The van der Waals surface area contributed by atoms with Crippen LogP contribution >= 0.6 is 38.9 Å². The first-order valence-electron chi connectivity index (χ1n) is 13.3. The third kappa shape index (κ3) is 5.95. The predicted molar refractivity (Wildman–Crippen MR) is 166 cm³/mol. The molecule has 1 aliphatic rings. The van der Waals surface area contributed by atoms with E-state index in [9.17, 15) is 19.7 Å². The first-order valence-corrected chi connectivity index (χ1v) is 15.2. The zero-order valence-corrected chi connectivity index (χ0v) is 26.4. The molecule has 0 aliphatic carbocycles. The van der Waals surface area contributed by atoms with Crippen molar-refractivity contribution in [2.45, 2.75) is 32.7 Å². The number of halogens is 2. The van der Waals surface area contributed by atoms with Gasteiger partial charge in [-0.05, 0) is 49.7 Å². The first-order chi connectivity index (χ1) is 20.7. The molecule has 222 valence electrons. The van der Waals surface area contributed by atoms with E-state index in [2.05, 4.69) is 15.9 Å². The fourth-order valence-corrected chi connectivity index (χ4v) is 6.44. The molecule has 2 aromatic heterocycles. The van der Waals surface area contributed by atoms with Gasteiger partial charge in [0.25, 0.3) is 11.2 Å². The molecular weight excluding hydrogens is 662 g/mol. The lowest BCUT2D eigenvalue weighted by Gasteiger charge is -2.27. The molecule has 4 aromatic rings. The van der Waals surface area contributed by atoms with Crippen LogP contribution < -0.4 is 19.6 Å². The highest BCUT2D eigenvalue weighted by Crippen LogP contribution is 2.38. The van der Waals surface area contributed by atoms with Gasteiger partial charge in [-0.2, -0.15) is 0 Å². The Morgan fingerprint density at radius 3 is 2.72 bits per heavy atom. The molecule has 0 unspecified atom stereocenters. The van der Waals surface area contributed by atoms with Gasteiger partial charge in [0.1, 0.15) is 23.3 Å². The predicted octanol–water partition coefficient (Wildman–Crippen LogP) is 6.17. The summed E-state index contributed by atoms with van der Waals surface area (Å²) in [5.41, 5.74) is 1.24. The molecule has 10 nitrogen and oxygen atoms in total. The number of nitro groups is 1. The maximum Gasteiger partial charge on any atom is 0.338 e. The van der Waals surface area contributed by atoms with E-state index in [-0.39, 0.29) is 28.4 Å². The Hall–Kier alpha value is -4.00. The van der Waals surface area contributed by atoms with Crippen LogP contribution in [0.2, 0.25) is 5.02 Å². The summed E-state index contributed by atoms with van der Waals surface area (Å²) >= 11 is 11.0. The van der Waals surface area contributed by atoms with Crippen LogP contribution in [0.15, 0.2) is 78.5 Å². The van der Waals surface area contributed by atoms with Crippen LogP contribution in [0, 0.1) is 10.1 Å². The van der Waals surface area contributed by atoms with Crippen LogP contribution in [-0.4, -0.2) is 29.2 Å². The lowest BCUT2D eigenvalue weighted by atomic mass is 9.93. The standard InChI is InChI=1S/C30H25BrClN3O7S/c1-4-6-22-26(29(37)41-5-2)27(20-13-16(31)7-11-23(20)40-3)34-28(36)25(43-30(34)33-22)15-18-9-12-24(42-18)19-14-17(35(38)39)8-10-21(19)32/h7-15,27H,4-6H2,1-3H3/b25-15+/t27-/m1/s1. The van der Waals surface area contributed by atoms with Gasteiger partial charge in [0, 0.05) is 33.8 Å². The molecule has 13 heteroatoms. The summed E-state index contributed by atoms with van der Waals surface area (Å²) in [6, 6.07) is 11.9. The number of nitrogens with zero attached hydrogens (tertiary/aromatic N) is 3. The highest BCUT2D eigenvalue weighted by Gasteiger charge is 2.36. The topological polar surface area (TPSA) is 126 Å². The number of non-ortho nitro benzene ring substituents is 1. The molecule has 1 aliphatic heterocycles. The van der Waals surface area contributed by atoms with Crippen molar-refractivity contribution in [3.63, 3.8) is 0 Å². The molecule has 0 fully saturated rings. The fourth-order valence-electron chi connectivity index (χ4n) is 4.85. The van der Waals surface area contributed by atoms with Crippen LogP contribution in [0.4, 0.5) is 5.69 Å². The Morgan fingerprint density at radius 1 is 1.23 bits per heavy atom. The van der Waals surface area contributed by atoms with E-state index in [0.29, 0.717) is 56.3 Å². The van der Waals surface area contributed by atoms with Crippen molar-refractivity contribution in [2.24, 2.45) is 4.99 Å². The maximum atomic E-state index is 14.0. The number of furan rings is 1. The number of ether oxygens (including phenoxy) is 2. The van der Waals surface area contributed by atoms with E-state index in [4.69, 9.17) is 30.5 Å². The molecule has 3 heterocycles. The summed E-state index contributed by atoms with van der Waals surface area (Å²) in [5.74, 6) is 0.574. The van der Waals surface area contributed by atoms with Crippen LogP contribution in [0.1, 0.15) is 44.1 Å². The van der Waals surface area contributed by atoms with Gasteiger partial charge in [0.15, 0.2) is 4.80 Å². The van der Waals surface area contributed by atoms with Crippen molar-refractivity contribution >= 4 is 56.6 Å². The van der Waals surface area contributed by atoms with Crippen LogP contribution in [0.3, 0.4) is 0 Å². The fraction of sp³-hybridized carbons (Fsp3) is 0.233. The second kappa shape index (κ2) is 12.7. The van der Waals surface area contributed by atoms with Crippen molar-refractivity contribution in [1.29, 1.82) is 0 Å². The summed E-state index contributed by atoms with van der Waals surface area (Å²) in [5, 5.41) is 11.5. The van der Waals surface area contributed by atoms with Crippen molar-refractivity contribution < 1.29 is 23.6 Å². The SMILES string of the molecule is CCCC1=C(C(=O)OCC)[C@@H](c2cc(Br)ccc2OC)n2c(s/c(=C/c3ccc(-c4cc([N+](=O)[O-])ccc4Cl)o3)c2=O)=N1. The summed E-state index contributed by atoms with van der Waals surface area (Å²) < 4.78 is 19.6. The quantitative estimate of drug-likeness (QED) is 0.117. The van der Waals surface area contributed by atoms with Crippen molar-refractivity contribution in [3.8, 4) is 17.1 Å². The third-order valence-corrected chi connectivity index (χ3v) is 8.51. The lowest BCUT2D eigenvalue weighted by Crippen LogP contribution is -2.40. The number of carbonyl (C=O) groups is 1. The van der Waals surface area contributed by atoms with Gasteiger partial charge < -0.3 is 13.9 Å². The normalized spacial score (nSPS) is 14.8. The smallest absolute Gasteiger partial charge is 0.338 e. The number of nitro benzene ring substituents is 1. The molecule has 5 rings (SSSR count). The van der Waals surface area contributed by atoms with E-state index >= 15 is 0 Å². The molecule has 0 radical (unpaired) electrons. The number of benzene rings is 2. The molecular formula is C30H25BrClN3O7S. The highest BCUT2D eigenvalue weighted by atomic mass is 79.9. The number of carbonyl (C=O) groups excluding carboxylic acids is 1. The van der Waals surface area contributed by atoms with E-state index < -0.39 is 16.9 Å². The van der Waals surface area contributed by atoms with Crippen LogP contribution in [-0.2, 0) is 9.53 Å². The number of hydrogen-bond donors (Lipinski definition) is 0. The zero-order valence-electron chi connectivity index (χ0n) is 23.3. The van der Waals surface area contributed by atoms with E-state index in [1.165, 1.54) is 29.9 Å². The molecule has 0 saturated heterocycles. The summed E-state index contributed by atoms with van der Waals surface area (Å²) in [6.45, 7) is 3.86. The van der Waals surface area contributed by atoms with Crippen molar-refractivity contribution in [2.75, 3.05) is 13.7 Å². The minimum absolute atomic E-state index is 0.131. The van der Waals surface area contributed by atoms with Crippen molar-refractivity contribution in [1.82, 2.24) is 4.57 Å². The minimum Gasteiger partial charge on any atom is -0.496 e. The van der Waals surface area contributed by atoms with Gasteiger partial charge in [-0.15, -0.1) is 0 Å². The molecule has 0 spiro atoms. The molecule has 0 amide bonds. The Morgan fingerprint density at radius 2 is 2.02 bits per heavy atom. The first kappa shape index (κ1) is 30.5. The van der Waals surface area contributed by atoms with Gasteiger partial charge in [-0.25, -0.2) is 9.79 Å². The van der Waals surface area contributed by atoms with Crippen LogP contribution in [0.25, 0.3) is 17.4 Å². The molecule has 1 atom stereocenters. The van der Waals surface area contributed by atoms with Crippen molar-refractivity contribution in [3.05, 3.63) is 110 Å². The Labute approximate surface area is 262 Å². The number of methoxy groups -OCH3 is 1. The second-order valence-corrected chi connectivity index (χ2v) is 11.8. The average Bonchev–Trinajstić information content (AvgIpc) is 3.56.